The molecule has 7 nitrogen and oxygen atoms in total. The molecule has 0 bridgehead atoms. The van der Waals surface area contributed by atoms with E-state index in [1.807, 2.05) is 0 Å². The number of aromatic nitrogens is 2. The second kappa shape index (κ2) is 5.98. The van der Waals surface area contributed by atoms with Gasteiger partial charge in [0.05, 0.1) is 0 Å². The Kier molecular flexibility index (Phi) is 4.07. The van der Waals surface area contributed by atoms with Gasteiger partial charge in [-0.1, -0.05) is 18.3 Å². The molecule has 3 heterocycles. The normalized spacial score (nSPS) is 17.4. The van der Waals surface area contributed by atoms with Crippen molar-refractivity contribution in [2.24, 2.45) is 5.92 Å². The van der Waals surface area contributed by atoms with Crippen LogP contribution < -0.4 is 5.32 Å². The van der Waals surface area contributed by atoms with Crippen molar-refractivity contribution in [2.45, 2.75) is 19.8 Å². The number of nitrogens with zero attached hydrogens (tertiary/aromatic N) is 4. The van der Waals surface area contributed by atoms with Crippen molar-refractivity contribution in [1.82, 2.24) is 14.3 Å². The summed E-state index contributed by atoms with van der Waals surface area (Å²) in [5.41, 5.74) is 0. The number of fused-ring (bicyclic) bond motifs is 1. The van der Waals surface area contributed by atoms with E-state index in [1.54, 1.807) is 11.6 Å². The van der Waals surface area contributed by atoms with Crippen LogP contribution >= 0.6 is 11.3 Å². The lowest BCUT2D eigenvalue weighted by molar-refractivity contribution is -0.389. The Balaban J connectivity index is 1.61. The van der Waals surface area contributed by atoms with Crippen LogP contribution in [-0.4, -0.2) is 45.4 Å². The topological polar surface area (TPSA) is 75.7 Å². The van der Waals surface area contributed by atoms with Gasteiger partial charge in [0.15, 0.2) is 0 Å². The van der Waals surface area contributed by atoms with E-state index in [4.69, 9.17) is 0 Å². The number of thiazole rings is 1. The quantitative estimate of drug-likeness (QED) is 0.678. The first-order chi connectivity index (χ1) is 10.1. The minimum atomic E-state index is -0.377. The first kappa shape index (κ1) is 14.3. The third kappa shape index (κ3) is 3.01. The smallest absolute Gasteiger partial charge is 0.362 e. The number of nitrogens with one attached hydrogen (secondary N) is 1. The summed E-state index contributed by atoms with van der Waals surface area (Å²) in [4.78, 5) is 18.2. The van der Waals surface area contributed by atoms with E-state index >= 15 is 0 Å². The molecule has 0 spiro atoms. The van der Waals surface area contributed by atoms with Gasteiger partial charge in [0.2, 0.25) is 5.82 Å². The molecular formula is C13H19N5O2S. The lowest BCUT2D eigenvalue weighted by Crippen LogP contribution is -2.36. The second-order valence-electron chi connectivity index (χ2n) is 5.55. The van der Waals surface area contributed by atoms with Gasteiger partial charge in [-0.2, -0.15) is 9.38 Å². The van der Waals surface area contributed by atoms with Crippen LogP contribution in [0.15, 0.2) is 11.6 Å². The Hall–Kier alpha value is -1.67. The highest BCUT2D eigenvalue weighted by molar-refractivity contribution is 7.15. The minimum Gasteiger partial charge on any atom is -0.362 e. The molecule has 0 radical (unpaired) electrons. The van der Waals surface area contributed by atoms with Gasteiger partial charge < -0.3 is 20.3 Å². The molecule has 2 aromatic rings. The van der Waals surface area contributed by atoms with Gasteiger partial charge in [-0.15, -0.1) is 0 Å². The number of nitro groups is 1. The molecule has 0 atom stereocenters. The molecule has 1 N–H and O–H groups in total. The summed E-state index contributed by atoms with van der Waals surface area (Å²) in [7, 11) is 0. The van der Waals surface area contributed by atoms with E-state index < -0.39 is 0 Å². The Morgan fingerprint density at radius 2 is 2.29 bits per heavy atom. The van der Waals surface area contributed by atoms with Crippen molar-refractivity contribution < 1.29 is 4.92 Å². The molecule has 3 rings (SSSR count). The summed E-state index contributed by atoms with van der Waals surface area (Å²) in [6.07, 6.45) is 4.16. The third-order valence-electron chi connectivity index (χ3n) is 4.01. The molecule has 0 saturated carbocycles. The van der Waals surface area contributed by atoms with Crippen LogP contribution in [0.25, 0.3) is 4.96 Å². The highest BCUT2D eigenvalue weighted by Gasteiger charge is 2.23. The van der Waals surface area contributed by atoms with Crippen molar-refractivity contribution in [3.8, 4) is 0 Å². The number of likely N-dealkylation sites (tertiary alicyclic amines) is 1. The number of rotatable bonds is 5. The molecule has 0 aromatic carbocycles. The van der Waals surface area contributed by atoms with Gasteiger partial charge in [-0.05, 0) is 36.8 Å². The number of piperidine rings is 1. The summed E-state index contributed by atoms with van der Waals surface area (Å²) in [6, 6.07) is 0. The number of imidazole rings is 1. The van der Waals surface area contributed by atoms with Crippen molar-refractivity contribution in [3.63, 3.8) is 0 Å². The highest BCUT2D eigenvalue weighted by atomic mass is 32.1. The zero-order chi connectivity index (χ0) is 14.8. The summed E-state index contributed by atoms with van der Waals surface area (Å²) in [6.45, 7) is 6.10. The van der Waals surface area contributed by atoms with Crippen molar-refractivity contribution >= 4 is 27.9 Å². The monoisotopic (exact) mass is 309 g/mol. The van der Waals surface area contributed by atoms with E-state index in [0.717, 1.165) is 25.6 Å². The minimum absolute atomic E-state index is 0.0264. The van der Waals surface area contributed by atoms with Gasteiger partial charge in [0.25, 0.3) is 4.96 Å². The zero-order valence-electron chi connectivity index (χ0n) is 12.0. The second-order valence-corrected chi connectivity index (χ2v) is 6.42. The number of hydrogen-bond acceptors (Lipinski definition) is 6. The lowest BCUT2D eigenvalue weighted by Gasteiger charge is -2.30. The summed E-state index contributed by atoms with van der Waals surface area (Å²) in [5, 5.41) is 16.1. The Labute approximate surface area is 126 Å². The van der Waals surface area contributed by atoms with E-state index in [1.165, 1.54) is 28.6 Å². The van der Waals surface area contributed by atoms with Gasteiger partial charge in [0.1, 0.15) is 6.20 Å². The summed E-state index contributed by atoms with van der Waals surface area (Å²) >= 11 is 1.40. The predicted octanol–water partition coefficient (Wildman–Crippen LogP) is 2.45. The molecule has 1 saturated heterocycles. The molecule has 1 aliphatic rings. The maximum atomic E-state index is 11.2. The van der Waals surface area contributed by atoms with Crippen LogP contribution in [0.1, 0.15) is 19.8 Å². The molecule has 21 heavy (non-hydrogen) atoms. The molecule has 1 fully saturated rings. The summed E-state index contributed by atoms with van der Waals surface area (Å²) < 4.78 is 1.52. The number of hydrogen-bond donors (Lipinski definition) is 1. The van der Waals surface area contributed by atoms with Gasteiger partial charge in [-0.25, -0.2) is 0 Å². The molecule has 2 aromatic heterocycles. The van der Waals surface area contributed by atoms with Crippen molar-refractivity contribution in [3.05, 3.63) is 21.7 Å². The molecule has 0 unspecified atom stereocenters. The van der Waals surface area contributed by atoms with Crippen LogP contribution in [0.2, 0.25) is 0 Å². The summed E-state index contributed by atoms with van der Waals surface area (Å²) in [5.74, 6) is 1.21. The lowest BCUT2D eigenvalue weighted by atomic mass is 9.99. The SMILES string of the molecule is CC1CCN(CCNc2nc3sccn3c2[N+](=O)[O-])CC1. The van der Waals surface area contributed by atoms with Crippen LogP contribution in [0.4, 0.5) is 11.6 Å². The molecule has 114 valence electrons. The van der Waals surface area contributed by atoms with Crippen LogP contribution in [-0.2, 0) is 0 Å². The molecule has 1 aliphatic heterocycles. The van der Waals surface area contributed by atoms with Gasteiger partial charge in [-0.3, -0.25) is 0 Å². The van der Waals surface area contributed by atoms with Crippen LogP contribution in [0, 0.1) is 16.0 Å². The third-order valence-corrected chi connectivity index (χ3v) is 4.76. The maximum Gasteiger partial charge on any atom is 0.372 e. The van der Waals surface area contributed by atoms with Crippen molar-refractivity contribution in [1.29, 1.82) is 0 Å². The first-order valence-electron chi connectivity index (χ1n) is 7.21. The Morgan fingerprint density at radius 3 is 3.00 bits per heavy atom. The average Bonchev–Trinajstić information content (AvgIpc) is 3.00. The molecule has 0 amide bonds. The Bertz CT molecular complexity index is 630. The van der Waals surface area contributed by atoms with Gasteiger partial charge >= 0.3 is 5.82 Å². The zero-order valence-corrected chi connectivity index (χ0v) is 12.8. The molecule has 8 heteroatoms. The molecule has 0 aliphatic carbocycles. The fraction of sp³-hybridized carbons (Fsp3) is 0.615. The van der Waals surface area contributed by atoms with Gasteiger partial charge in [0, 0.05) is 18.5 Å². The van der Waals surface area contributed by atoms with E-state index in [9.17, 15) is 10.1 Å². The largest absolute Gasteiger partial charge is 0.372 e. The fourth-order valence-corrected chi connectivity index (χ4v) is 3.39. The Morgan fingerprint density at radius 1 is 1.52 bits per heavy atom. The number of anilines is 1. The highest BCUT2D eigenvalue weighted by Crippen LogP contribution is 2.27. The van der Waals surface area contributed by atoms with Crippen molar-refractivity contribution in [2.75, 3.05) is 31.5 Å². The maximum absolute atomic E-state index is 11.2. The fourth-order valence-electron chi connectivity index (χ4n) is 2.68. The standard InChI is InChI=1S/C13H19N5O2S/c1-10-2-5-16(6-3-10)7-4-14-11-12(18(19)20)17-8-9-21-13(17)15-11/h8-10,14H,2-7H2,1H3. The predicted molar refractivity (Wildman–Crippen MR) is 83.1 cm³/mol. The van der Waals surface area contributed by atoms with E-state index in [0.29, 0.717) is 17.3 Å². The average molecular weight is 309 g/mol. The van der Waals surface area contributed by atoms with E-state index in [-0.39, 0.29) is 10.7 Å². The van der Waals surface area contributed by atoms with E-state index in [2.05, 4.69) is 22.1 Å². The molecular weight excluding hydrogens is 290 g/mol. The van der Waals surface area contributed by atoms with Crippen LogP contribution in [0.3, 0.4) is 0 Å². The van der Waals surface area contributed by atoms with Crippen LogP contribution in [0.5, 0.6) is 0 Å². The first-order valence-corrected chi connectivity index (χ1v) is 8.09.